The minimum Gasteiger partial charge on any atom is -0.497 e. The highest BCUT2D eigenvalue weighted by molar-refractivity contribution is 9.11. The fraction of sp³-hybridized carbons (Fsp3) is 0.0952. The summed E-state index contributed by atoms with van der Waals surface area (Å²) in [5, 5.41) is 25.5. The predicted octanol–water partition coefficient (Wildman–Crippen LogP) is 30.8. The van der Waals surface area contributed by atoms with Gasteiger partial charge in [0.15, 0.2) is 5.78 Å². The molecule has 0 aliphatic heterocycles. The van der Waals surface area contributed by atoms with Crippen LogP contribution in [0.2, 0.25) is 65.7 Å². The quantitative estimate of drug-likeness (QED) is 0.0181. The van der Waals surface area contributed by atoms with Crippen LogP contribution < -0.4 is 31.7 Å². The number of rotatable bonds is 20. The SMILES string of the molecule is CCOC(=O)N/N=C(\Cc1cccc(Cl)c1Cl)c1cc(Br)cnc1Cl.COc1ccc(CN)cc1.COc1ccc(CNc2ncc(Br)cc2-c2nnsc2-c2cccc(Cl)c2Cl)cc1.Clc1cccc(-c2snnc2-c2cc(Br)cnc2Cl)c1Cl.Nc1ncc(Br)cc1-c1nnsc1-c1cccc(Cl)c1Cl.O=C(Cc1cccc(Cl)c1Cl)c1cc(Br)cnc1Cl.O=S(Cl)Cl. The first-order valence-corrected chi connectivity index (χ1v) is 50.4. The number of pyridine rings is 5. The molecule has 0 unspecified atom stereocenters. The largest absolute Gasteiger partial charge is 0.497 e. The molecule has 0 bridgehead atoms. The van der Waals surface area contributed by atoms with Gasteiger partial charge in [-0.15, -0.1) is 15.3 Å². The molecule has 0 saturated carbocycles. The number of nitrogens with zero attached hydrogens (tertiary/aromatic N) is 12. The lowest BCUT2D eigenvalue weighted by Crippen LogP contribution is -2.22. The summed E-state index contributed by atoms with van der Waals surface area (Å²) in [5.41, 5.74) is 25.1. The van der Waals surface area contributed by atoms with Gasteiger partial charge in [0.25, 0.3) is 0 Å². The molecule has 0 spiro atoms. The lowest BCUT2D eigenvalue weighted by Gasteiger charge is -2.12. The van der Waals surface area contributed by atoms with E-state index in [0.717, 1.165) is 78.5 Å². The summed E-state index contributed by atoms with van der Waals surface area (Å²) in [4.78, 5) is 47.0. The van der Waals surface area contributed by atoms with Crippen LogP contribution in [0.1, 0.15) is 45.1 Å². The van der Waals surface area contributed by atoms with Crippen molar-refractivity contribution < 1.29 is 28.0 Å². The van der Waals surface area contributed by atoms with E-state index in [4.69, 9.17) is 181 Å². The monoisotopic (exact) mass is 2430 g/mol. The Labute approximate surface area is 876 Å². The third-order valence-electron chi connectivity index (χ3n) is 16.9. The fourth-order valence-corrected chi connectivity index (χ4v) is 17.4. The molecule has 0 saturated heterocycles. The maximum Gasteiger partial charge on any atom is 0.427 e. The van der Waals surface area contributed by atoms with Crippen molar-refractivity contribution in [2.75, 3.05) is 31.9 Å². The number of ether oxygens (including phenoxy) is 3. The lowest BCUT2D eigenvalue weighted by molar-refractivity contribution is 0.0992. The molecule has 15 aromatic rings. The second kappa shape index (κ2) is 53.8. The molecular weight excluding hydrogens is 2390 g/mol. The van der Waals surface area contributed by atoms with Gasteiger partial charge in [-0.3, -0.25) is 4.79 Å². The molecule has 0 radical (unpaired) electrons. The topological polar surface area (TPSA) is 309 Å². The van der Waals surface area contributed by atoms with Crippen molar-refractivity contribution in [1.29, 1.82) is 0 Å². The molecule has 46 heteroatoms. The summed E-state index contributed by atoms with van der Waals surface area (Å²) < 4.78 is 40.1. The van der Waals surface area contributed by atoms with Gasteiger partial charge in [0.2, 0.25) is 9.23 Å². The number of halogens is 20. The first kappa shape index (κ1) is 107. The maximum atomic E-state index is 12.2. The summed E-state index contributed by atoms with van der Waals surface area (Å²) in [5.74, 6) is 2.60. The van der Waals surface area contributed by atoms with Gasteiger partial charge in [-0.25, -0.2) is 39.3 Å². The normalized spacial score (nSPS) is 10.7. The zero-order valence-electron chi connectivity index (χ0n) is 66.3. The number of hydrazone groups is 1. The van der Waals surface area contributed by atoms with E-state index in [-0.39, 0.29) is 35.5 Å². The first-order valence-electron chi connectivity index (χ1n) is 36.4. The number of nitrogens with two attached hydrogens (primary N) is 2. The minimum absolute atomic E-state index is 0.122. The highest BCUT2D eigenvalue weighted by Gasteiger charge is 2.25. The average Bonchev–Trinajstić information content (AvgIpc) is 1.61. The van der Waals surface area contributed by atoms with Gasteiger partial charge in [0.05, 0.1) is 97.0 Å². The Balaban J connectivity index is 0.000000178. The second-order valence-electron chi connectivity index (χ2n) is 25.3. The number of ketones is 1. The smallest absolute Gasteiger partial charge is 0.427 e. The van der Waals surface area contributed by atoms with Gasteiger partial charge in [-0.2, -0.15) is 5.10 Å². The van der Waals surface area contributed by atoms with Crippen molar-refractivity contribution in [3.05, 3.63) is 322 Å². The predicted molar refractivity (Wildman–Crippen MR) is 555 cm³/mol. The second-order valence-corrected chi connectivity index (χ2v) is 39.7. The Morgan fingerprint density at radius 3 is 1.27 bits per heavy atom. The summed E-state index contributed by atoms with van der Waals surface area (Å²) in [6, 6.07) is 51.5. The Morgan fingerprint density at radius 2 is 0.815 bits per heavy atom. The number of nitrogens with one attached hydrogen (secondary N) is 2. The van der Waals surface area contributed by atoms with Crippen molar-refractivity contribution >= 4 is 325 Å². The molecule has 15 rings (SSSR count). The summed E-state index contributed by atoms with van der Waals surface area (Å²) in [6.45, 7) is 3.11. The van der Waals surface area contributed by atoms with Crippen molar-refractivity contribution in [2.24, 2.45) is 10.8 Å². The zero-order chi connectivity index (χ0) is 94.4. The van der Waals surface area contributed by atoms with Gasteiger partial charge >= 0.3 is 6.09 Å². The number of aromatic nitrogens is 11. The Morgan fingerprint density at radius 1 is 0.446 bits per heavy atom. The minimum atomic E-state index is -1.67. The molecule has 8 aromatic heterocycles. The van der Waals surface area contributed by atoms with Gasteiger partial charge in [0, 0.05) is 140 Å². The molecule has 0 aliphatic rings. The number of anilines is 2. The van der Waals surface area contributed by atoms with E-state index < -0.39 is 15.3 Å². The van der Waals surface area contributed by atoms with Crippen LogP contribution in [0.25, 0.3) is 65.1 Å². The average molecular weight is 2450 g/mol. The van der Waals surface area contributed by atoms with Crippen molar-refractivity contribution in [3.8, 4) is 76.6 Å². The molecular formula is C84H58Br5Cl15N16O6S4. The van der Waals surface area contributed by atoms with E-state index >= 15 is 0 Å². The molecule has 8 heterocycles. The van der Waals surface area contributed by atoms with Gasteiger partial charge in [-0.1, -0.05) is 249 Å². The van der Waals surface area contributed by atoms with E-state index in [0.29, 0.717) is 140 Å². The zero-order valence-corrected chi connectivity index (χ0v) is 88.8. The van der Waals surface area contributed by atoms with Gasteiger partial charge in [-0.05, 0) is 228 Å². The number of amides is 1. The highest BCUT2D eigenvalue weighted by Crippen LogP contribution is 2.46. The van der Waals surface area contributed by atoms with E-state index in [1.54, 1.807) is 107 Å². The summed E-state index contributed by atoms with van der Waals surface area (Å²) in [6.07, 6.45) is 7.82. The van der Waals surface area contributed by atoms with E-state index in [2.05, 4.69) is 171 Å². The number of Topliss-reactive ketones (excluding diaryl/α,β-unsaturated/α-hetero) is 1. The van der Waals surface area contributed by atoms with Crippen LogP contribution in [0, 0.1) is 0 Å². The molecule has 674 valence electrons. The van der Waals surface area contributed by atoms with Gasteiger partial charge in [0.1, 0.15) is 55.7 Å². The number of hydrogen-bond acceptors (Lipinski definition) is 24. The molecule has 1 amide bonds. The molecule has 6 N–H and O–H groups in total. The van der Waals surface area contributed by atoms with E-state index in [1.165, 1.54) is 40.8 Å². The van der Waals surface area contributed by atoms with E-state index in [9.17, 15) is 9.59 Å². The fourth-order valence-electron chi connectivity index (χ4n) is 10.9. The van der Waals surface area contributed by atoms with Crippen molar-refractivity contribution in [3.63, 3.8) is 0 Å². The maximum absolute atomic E-state index is 12.2. The number of carbonyl (C=O) groups is 2. The number of hydrogen-bond donors (Lipinski definition) is 4. The summed E-state index contributed by atoms with van der Waals surface area (Å²) in [7, 11) is 10.7. The Kier molecular flexibility index (Phi) is 44.4. The molecule has 0 fully saturated rings. The molecule has 7 aromatic carbocycles. The number of benzene rings is 7. The van der Waals surface area contributed by atoms with Crippen LogP contribution in [-0.2, 0) is 39.9 Å². The van der Waals surface area contributed by atoms with E-state index in [1.807, 2.05) is 109 Å². The van der Waals surface area contributed by atoms with Crippen LogP contribution in [0.5, 0.6) is 11.5 Å². The third-order valence-corrected chi connectivity index (χ3v) is 26.5. The molecule has 0 atom stereocenters. The van der Waals surface area contributed by atoms with Crippen LogP contribution in [0.4, 0.5) is 16.4 Å². The van der Waals surface area contributed by atoms with Crippen LogP contribution in [-0.4, -0.2) is 96.3 Å². The summed E-state index contributed by atoms with van der Waals surface area (Å²) >= 11 is 100. The third kappa shape index (κ3) is 31.3. The number of nitrogen functional groups attached to an aromatic ring is 1. The number of carbonyl (C=O) groups excluding carboxylic acids is 2. The van der Waals surface area contributed by atoms with Crippen LogP contribution >= 0.6 is 286 Å². The Bertz CT molecular complexity index is 6320. The van der Waals surface area contributed by atoms with Crippen LogP contribution in [0.3, 0.4) is 0 Å². The highest BCUT2D eigenvalue weighted by atomic mass is 79.9. The lowest BCUT2D eigenvalue weighted by atomic mass is 10.0. The standard InChI is InChI=1S/C21H15BrCl2N4OS.C16H13BrCl3N3O2.C13H5BrCl3N3S.C13H7BrCl3NO.C13H7BrCl2N4S.C8H11NO.Cl2OS/c1-29-14-7-5-12(6-8-14)10-25-21-16(9-13(22)11-26-21)19-20(30-28-27-19)15-3-2-4-17(23)18(15)24;1-2-25-16(24)23-22-13(11-7-10(17)8-21-15(11)20)6-9-4-3-5-12(18)14(9)19;14-6-4-8(13(17)18-5-6)11-12(21-20-19-11)7-2-1-3-9(15)10(7)16;14-8-5-9(13(17)18-6-8)11(19)4-7-2-1-3-10(15)12(7)16;14-6-4-8(13(17)18-5-6)11-12(21-20-19-11)7-2-1-3-9(15)10(7)16;1-10-8-4-2-7(6-9)3-5-8;1-4(2)3/h2-9,11H,10H2,1H3,(H,25,26);3-5,7-8H,2,6H2,1H3,(H,23,24);1-5H;1-3,5-6H,4H2;1-5H,(H2,17,18);2-5H,6,9H2,1H3;/b;22-13+;;;;;. The van der Waals surface area contributed by atoms with Crippen LogP contribution in [0.15, 0.2) is 228 Å². The molecule has 130 heavy (non-hydrogen) atoms. The van der Waals surface area contributed by atoms with Gasteiger partial charge < -0.3 is 31.0 Å². The van der Waals surface area contributed by atoms with Crippen molar-refractivity contribution in [1.82, 2.24) is 59.1 Å². The van der Waals surface area contributed by atoms with Crippen molar-refractivity contribution in [2.45, 2.75) is 32.9 Å². The first-order chi connectivity index (χ1) is 62.2. The molecule has 22 nitrogen and oxygen atoms in total. The molecule has 0 aliphatic carbocycles. The number of methoxy groups -OCH3 is 2. The Hall–Kier alpha value is -6.36.